The van der Waals surface area contributed by atoms with Crippen molar-refractivity contribution in [1.82, 2.24) is 0 Å². The molecule has 0 bridgehead atoms. The summed E-state index contributed by atoms with van der Waals surface area (Å²) in [7, 11) is 0. The Kier molecular flexibility index (Phi) is 13.9. The van der Waals surface area contributed by atoms with Crippen molar-refractivity contribution in [2.24, 2.45) is 10.8 Å². The lowest BCUT2D eigenvalue weighted by atomic mass is 9.54. The molecular formula is C110H67NOS. The summed E-state index contributed by atoms with van der Waals surface area (Å²) in [5.41, 5.74) is 38.2. The third-order valence-corrected chi connectivity index (χ3v) is 26.2. The second-order valence-corrected chi connectivity index (χ2v) is 31.7. The first-order chi connectivity index (χ1) is 56.1. The number of para-hydroxylation sites is 3. The summed E-state index contributed by atoms with van der Waals surface area (Å²) < 4.78 is 9.28. The van der Waals surface area contributed by atoms with Gasteiger partial charge in [0.2, 0.25) is 0 Å². The SMILES string of the molecule is C1=CC2(C3=Cc4ccccc4C3=C1)C1=Cc3ccccc3C1=CC=C2C1=C(N(c2ccccc2-c2ccccc2)c2ccccc2-c2cccc3sc4ccccc4c23)C2(C=CC=C3C2=Cc2ccccc23)C2=Cc3cccc(-c4ccccc4-c4cccc5oc6ccccc6c45)c3C2=C1c1ccccc1-c1ccccc1. The van der Waals surface area contributed by atoms with Gasteiger partial charge >= 0.3 is 0 Å². The van der Waals surface area contributed by atoms with Crippen molar-refractivity contribution in [2.45, 2.75) is 0 Å². The van der Waals surface area contributed by atoms with E-state index in [1.54, 1.807) is 0 Å². The van der Waals surface area contributed by atoms with Crippen molar-refractivity contribution < 1.29 is 4.42 Å². The van der Waals surface area contributed by atoms with E-state index in [0.717, 1.165) is 111 Å². The monoisotopic (exact) mass is 1450 g/mol. The second-order valence-electron chi connectivity index (χ2n) is 30.6. The largest absolute Gasteiger partial charge is 0.456 e. The summed E-state index contributed by atoms with van der Waals surface area (Å²) in [6, 6.07) is 125. The molecule has 14 aromatic carbocycles. The van der Waals surface area contributed by atoms with Crippen molar-refractivity contribution >= 4 is 117 Å². The van der Waals surface area contributed by atoms with Crippen LogP contribution in [0.3, 0.4) is 0 Å². The quantitative estimate of drug-likeness (QED) is 0.136. The topological polar surface area (TPSA) is 16.4 Å². The normalized spacial score (nSPS) is 17.7. The molecule has 8 aliphatic carbocycles. The molecule has 2 atom stereocenters. The smallest absolute Gasteiger partial charge is 0.136 e. The summed E-state index contributed by atoms with van der Waals surface area (Å²) in [5, 5.41) is 4.69. The van der Waals surface area contributed by atoms with E-state index in [2.05, 4.69) is 411 Å². The highest BCUT2D eigenvalue weighted by Crippen LogP contribution is 2.73. The third kappa shape index (κ3) is 9.11. The number of nitrogens with zero attached hydrogens (tertiary/aromatic N) is 1. The molecule has 0 aliphatic heterocycles. The second kappa shape index (κ2) is 24.6. The van der Waals surface area contributed by atoms with E-state index in [1.165, 1.54) is 115 Å². The van der Waals surface area contributed by atoms with Gasteiger partial charge in [0.15, 0.2) is 0 Å². The zero-order valence-electron chi connectivity index (χ0n) is 61.4. The van der Waals surface area contributed by atoms with E-state index < -0.39 is 10.8 Å². The van der Waals surface area contributed by atoms with Crippen LogP contribution in [0.5, 0.6) is 0 Å². The van der Waals surface area contributed by atoms with E-state index in [4.69, 9.17) is 4.42 Å². The van der Waals surface area contributed by atoms with Gasteiger partial charge in [-0.1, -0.05) is 346 Å². The van der Waals surface area contributed by atoms with Crippen LogP contribution >= 0.6 is 11.3 Å². The van der Waals surface area contributed by atoms with Gasteiger partial charge < -0.3 is 9.32 Å². The summed E-state index contributed by atoms with van der Waals surface area (Å²) in [4.78, 5) is 2.81. The molecule has 0 saturated heterocycles. The maximum Gasteiger partial charge on any atom is 0.136 e. The summed E-state index contributed by atoms with van der Waals surface area (Å²) in [6.07, 6.45) is 30.2. The van der Waals surface area contributed by atoms with Crippen LogP contribution in [0.15, 0.2) is 426 Å². The van der Waals surface area contributed by atoms with Crippen molar-refractivity contribution in [3.05, 3.63) is 471 Å². The van der Waals surface area contributed by atoms with Gasteiger partial charge in [0.25, 0.3) is 0 Å². The van der Waals surface area contributed by atoms with Crippen LogP contribution in [0, 0.1) is 10.8 Å². The molecule has 2 nitrogen and oxygen atoms in total. The van der Waals surface area contributed by atoms with Crippen LogP contribution in [0.4, 0.5) is 11.4 Å². The van der Waals surface area contributed by atoms with Crippen LogP contribution < -0.4 is 4.90 Å². The predicted molar refractivity (Wildman–Crippen MR) is 475 cm³/mol. The number of fused-ring (bicyclic) bond motifs is 22. The Balaban J connectivity index is 0.936. The average Bonchev–Trinajstić information content (AvgIpc) is 1.61. The molecule has 3 heteroatoms. The minimum Gasteiger partial charge on any atom is -0.456 e. The molecule has 8 aliphatic rings. The molecule has 0 saturated carbocycles. The van der Waals surface area contributed by atoms with Gasteiger partial charge in [-0.25, -0.2) is 0 Å². The minimum atomic E-state index is -1.13. The Morgan fingerprint density at radius 1 is 0.257 bits per heavy atom. The predicted octanol–water partition coefficient (Wildman–Crippen LogP) is 29.2. The molecule has 0 radical (unpaired) electrons. The van der Waals surface area contributed by atoms with E-state index >= 15 is 0 Å². The van der Waals surface area contributed by atoms with Gasteiger partial charge in [-0.05, 0) is 211 Å². The lowest BCUT2D eigenvalue weighted by molar-refractivity contribution is 0.652. The van der Waals surface area contributed by atoms with Crippen molar-refractivity contribution in [2.75, 3.05) is 4.90 Å². The lowest BCUT2D eigenvalue weighted by Crippen LogP contribution is -2.42. The highest BCUT2D eigenvalue weighted by molar-refractivity contribution is 7.26. The number of furan rings is 1. The van der Waals surface area contributed by atoms with Gasteiger partial charge in [0.1, 0.15) is 11.2 Å². The van der Waals surface area contributed by atoms with Crippen molar-refractivity contribution in [3.63, 3.8) is 0 Å². The Bertz CT molecular complexity index is 7320. The minimum absolute atomic E-state index is 0.862. The number of hydrogen-bond acceptors (Lipinski definition) is 3. The Labute approximate surface area is 659 Å². The molecule has 16 aromatic rings. The number of allylic oxidation sites excluding steroid dienone is 17. The van der Waals surface area contributed by atoms with Crippen LogP contribution in [0.2, 0.25) is 0 Å². The fraction of sp³-hybridized carbons (Fsp3) is 0.0182. The summed E-state index contributed by atoms with van der Waals surface area (Å²) in [6.45, 7) is 0. The zero-order chi connectivity index (χ0) is 74.0. The highest BCUT2D eigenvalue weighted by Gasteiger charge is 2.59. The third-order valence-electron chi connectivity index (χ3n) is 25.1. The molecule has 0 fully saturated rings. The Hall–Kier alpha value is -14.2. The van der Waals surface area contributed by atoms with Crippen LogP contribution in [0.1, 0.15) is 50.1 Å². The number of benzene rings is 14. The standard InChI is InChI=1S/C110H67NOS/c1-3-30-68(31-4-1)74-38-13-16-46-85(74)105-106-95(67-73-37-25-49-86(102(73)106)79-43-14-15-44-80(79)87-50-26-57-99-103(87)89-47-19-23-56-98(89)112-99)110(63-29-53-82-76-40-11-8-36-72(76)66-94(82)110)108(107(105)91-61-60-83-77-41-12-9-35-71(77)65-93(83)109(91)62-28-52-81-75-39-10-7-34-70(75)64-92(81)109)111(96-54-21-17-42-78(96)69-32-5-2-6-33-69)97-55-22-18-45-84(97)88-51-27-59-101-104(88)90-48-20-24-58-100(90)113-101/h1-67H. The molecular weight excluding hydrogens is 1380 g/mol. The van der Waals surface area contributed by atoms with E-state index in [9.17, 15) is 0 Å². The average molecular weight is 1450 g/mol. The van der Waals surface area contributed by atoms with Crippen molar-refractivity contribution in [1.29, 1.82) is 0 Å². The summed E-state index contributed by atoms with van der Waals surface area (Å²) in [5.74, 6) is 0. The molecule has 113 heavy (non-hydrogen) atoms. The van der Waals surface area contributed by atoms with Gasteiger partial charge in [-0.3, -0.25) is 0 Å². The first-order valence-electron chi connectivity index (χ1n) is 39.2. The van der Waals surface area contributed by atoms with Crippen molar-refractivity contribution in [3.8, 4) is 55.6 Å². The van der Waals surface area contributed by atoms with E-state index in [0.29, 0.717) is 0 Å². The van der Waals surface area contributed by atoms with Crippen LogP contribution in [-0.4, -0.2) is 0 Å². The van der Waals surface area contributed by atoms with Crippen LogP contribution in [-0.2, 0) is 0 Å². The zero-order valence-corrected chi connectivity index (χ0v) is 62.3. The molecule has 24 rings (SSSR count). The fourth-order valence-electron chi connectivity index (χ4n) is 20.5. The number of anilines is 2. The molecule has 0 N–H and O–H groups in total. The molecule has 2 unspecified atom stereocenters. The number of hydrogen-bond donors (Lipinski definition) is 0. The van der Waals surface area contributed by atoms with E-state index in [-0.39, 0.29) is 0 Å². The van der Waals surface area contributed by atoms with Gasteiger partial charge in [0, 0.05) is 47.6 Å². The molecule has 524 valence electrons. The molecule has 2 heterocycles. The highest BCUT2D eigenvalue weighted by atomic mass is 32.1. The van der Waals surface area contributed by atoms with Gasteiger partial charge in [-0.2, -0.15) is 0 Å². The molecule has 2 spiro atoms. The lowest BCUT2D eigenvalue weighted by Gasteiger charge is -2.52. The fourth-order valence-corrected chi connectivity index (χ4v) is 21.6. The maximum atomic E-state index is 6.77. The number of rotatable bonds is 10. The first kappa shape index (κ1) is 63.7. The number of thiophene rings is 1. The Morgan fingerprint density at radius 2 is 0.699 bits per heavy atom. The Morgan fingerprint density at radius 3 is 1.38 bits per heavy atom. The van der Waals surface area contributed by atoms with Gasteiger partial charge in [-0.15, -0.1) is 11.3 Å². The first-order valence-corrected chi connectivity index (χ1v) is 40.0. The molecule has 0 amide bonds. The van der Waals surface area contributed by atoms with Gasteiger partial charge in [0.05, 0.1) is 27.9 Å². The summed E-state index contributed by atoms with van der Waals surface area (Å²) >= 11 is 1.87. The molecule has 2 aromatic heterocycles. The van der Waals surface area contributed by atoms with E-state index in [1.807, 2.05) is 11.3 Å². The van der Waals surface area contributed by atoms with Crippen LogP contribution in [0.25, 0.3) is 150 Å². The maximum absolute atomic E-state index is 6.77.